The first kappa shape index (κ1) is 15.3. The van der Waals surface area contributed by atoms with Crippen LogP contribution in [0.5, 0.6) is 0 Å². The summed E-state index contributed by atoms with van der Waals surface area (Å²) in [6, 6.07) is 0.362. The second kappa shape index (κ2) is 7.08. The molecular formula is C13H23N5OS. The van der Waals surface area contributed by atoms with Gasteiger partial charge >= 0.3 is 0 Å². The van der Waals surface area contributed by atoms with Gasteiger partial charge in [0.1, 0.15) is 5.82 Å². The van der Waals surface area contributed by atoms with E-state index >= 15 is 0 Å². The number of carbonyl (C=O) groups excluding carboxylic acids is 1. The molecule has 0 radical (unpaired) electrons. The van der Waals surface area contributed by atoms with Crippen molar-refractivity contribution in [1.82, 2.24) is 19.7 Å². The van der Waals surface area contributed by atoms with Gasteiger partial charge in [0.2, 0.25) is 5.91 Å². The lowest BCUT2D eigenvalue weighted by Crippen LogP contribution is -2.43. The molecule has 7 heteroatoms. The van der Waals surface area contributed by atoms with Crippen molar-refractivity contribution in [1.29, 1.82) is 0 Å². The van der Waals surface area contributed by atoms with E-state index in [1.807, 2.05) is 16.4 Å². The Morgan fingerprint density at radius 3 is 2.90 bits per heavy atom. The molecule has 2 heterocycles. The Bertz CT molecular complexity index is 462. The summed E-state index contributed by atoms with van der Waals surface area (Å²) in [6.07, 6.45) is 3.45. The van der Waals surface area contributed by atoms with Crippen LogP contribution in [-0.2, 0) is 17.9 Å². The SMILES string of the molecule is CCn1c(CN)nnc1SCC(=O)N1CCCCC1C. The Balaban J connectivity index is 1.94. The smallest absolute Gasteiger partial charge is 0.233 e. The van der Waals surface area contributed by atoms with Gasteiger partial charge in [-0.05, 0) is 33.1 Å². The number of rotatable bonds is 5. The van der Waals surface area contributed by atoms with E-state index in [4.69, 9.17) is 5.73 Å². The Morgan fingerprint density at radius 2 is 2.25 bits per heavy atom. The summed E-state index contributed by atoms with van der Waals surface area (Å²) in [5.74, 6) is 1.39. The van der Waals surface area contributed by atoms with E-state index in [0.29, 0.717) is 18.3 Å². The van der Waals surface area contributed by atoms with E-state index in [1.54, 1.807) is 0 Å². The van der Waals surface area contributed by atoms with Crippen molar-refractivity contribution in [2.45, 2.75) is 57.4 Å². The molecule has 0 aromatic carbocycles. The van der Waals surface area contributed by atoms with Gasteiger partial charge in [-0.2, -0.15) is 0 Å². The van der Waals surface area contributed by atoms with Crippen molar-refractivity contribution in [2.24, 2.45) is 5.73 Å². The van der Waals surface area contributed by atoms with Crippen LogP contribution >= 0.6 is 11.8 Å². The van der Waals surface area contributed by atoms with Crippen molar-refractivity contribution in [3.05, 3.63) is 5.82 Å². The first-order chi connectivity index (χ1) is 9.67. The fraction of sp³-hybridized carbons (Fsp3) is 0.769. The monoisotopic (exact) mass is 297 g/mol. The molecule has 1 amide bonds. The molecule has 1 saturated heterocycles. The highest BCUT2D eigenvalue weighted by molar-refractivity contribution is 7.99. The molecule has 1 aliphatic rings. The molecule has 2 rings (SSSR count). The number of piperidine rings is 1. The zero-order valence-electron chi connectivity index (χ0n) is 12.2. The van der Waals surface area contributed by atoms with E-state index < -0.39 is 0 Å². The molecule has 6 nitrogen and oxygen atoms in total. The molecular weight excluding hydrogens is 274 g/mol. The van der Waals surface area contributed by atoms with Gasteiger partial charge in [0.25, 0.3) is 0 Å². The number of hydrogen-bond donors (Lipinski definition) is 1. The van der Waals surface area contributed by atoms with Crippen LogP contribution in [0.25, 0.3) is 0 Å². The van der Waals surface area contributed by atoms with Gasteiger partial charge in [-0.25, -0.2) is 0 Å². The third-order valence-electron chi connectivity index (χ3n) is 3.74. The minimum absolute atomic E-state index is 0.196. The molecule has 20 heavy (non-hydrogen) atoms. The molecule has 0 saturated carbocycles. The van der Waals surface area contributed by atoms with Crippen LogP contribution in [-0.4, -0.2) is 43.9 Å². The van der Waals surface area contributed by atoms with Crippen LogP contribution in [0, 0.1) is 0 Å². The Morgan fingerprint density at radius 1 is 1.45 bits per heavy atom. The van der Waals surface area contributed by atoms with Crippen LogP contribution in [0.15, 0.2) is 5.16 Å². The van der Waals surface area contributed by atoms with Gasteiger partial charge in [-0.1, -0.05) is 11.8 Å². The van der Waals surface area contributed by atoms with E-state index in [1.165, 1.54) is 18.2 Å². The zero-order valence-corrected chi connectivity index (χ0v) is 13.0. The van der Waals surface area contributed by atoms with Gasteiger partial charge in [0.15, 0.2) is 5.16 Å². The minimum Gasteiger partial charge on any atom is -0.339 e. The van der Waals surface area contributed by atoms with Crippen molar-refractivity contribution >= 4 is 17.7 Å². The summed E-state index contributed by atoms with van der Waals surface area (Å²) in [6.45, 7) is 6.19. The number of carbonyl (C=O) groups is 1. The van der Waals surface area contributed by atoms with Crippen molar-refractivity contribution in [3.8, 4) is 0 Å². The second-order valence-corrected chi connectivity index (χ2v) is 6.01. The highest BCUT2D eigenvalue weighted by Crippen LogP contribution is 2.21. The number of aromatic nitrogens is 3. The summed E-state index contributed by atoms with van der Waals surface area (Å²) < 4.78 is 1.97. The normalized spacial score (nSPS) is 19.4. The first-order valence-corrected chi connectivity index (χ1v) is 8.20. The summed E-state index contributed by atoms with van der Waals surface area (Å²) in [5.41, 5.74) is 5.62. The van der Waals surface area contributed by atoms with Crippen LogP contribution in [0.3, 0.4) is 0 Å². The van der Waals surface area contributed by atoms with Crippen LogP contribution in [0.4, 0.5) is 0 Å². The maximum absolute atomic E-state index is 12.3. The maximum Gasteiger partial charge on any atom is 0.233 e. The minimum atomic E-state index is 0.196. The lowest BCUT2D eigenvalue weighted by molar-refractivity contribution is -0.131. The van der Waals surface area contributed by atoms with Crippen LogP contribution < -0.4 is 5.73 Å². The predicted molar refractivity (Wildman–Crippen MR) is 79.3 cm³/mol. The highest BCUT2D eigenvalue weighted by Gasteiger charge is 2.23. The summed E-state index contributed by atoms with van der Waals surface area (Å²) in [7, 11) is 0. The van der Waals surface area contributed by atoms with Crippen molar-refractivity contribution < 1.29 is 4.79 Å². The fourth-order valence-electron chi connectivity index (χ4n) is 2.57. The average molecular weight is 297 g/mol. The molecule has 1 aromatic heterocycles. The largest absolute Gasteiger partial charge is 0.339 e. The van der Waals surface area contributed by atoms with Crippen LogP contribution in [0.1, 0.15) is 38.9 Å². The molecule has 1 aliphatic heterocycles. The number of thioether (sulfide) groups is 1. The lowest BCUT2D eigenvalue weighted by atomic mass is 10.0. The predicted octanol–water partition coefficient (Wildman–Crippen LogP) is 1.25. The Hall–Kier alpha value is -1.08. The third kappa shape index (κ3) is 3.32. The van der Waals surface area contributed by atoms with Gasteiger partial charge in [-0.3, -0.25) is 4.79 Å². The Kier molecular flexibility index (Phi) is 5.42. The molecule has 2 N–H and O–H groups in total. The highest BCUT2D eigenvalue weighted by atomic mass is 32.2. The zero-order chi connectivity index (χ0) is 14.5. The Labute approximate surface area is 124 Å². The quantitative estimate of drug-likeness (QED) is 0.828. The molecule has 0 spiro atoms. The molecule has 1 atom stereocenters. The summed E-state index contributed by atoms with van der Waals surface area (Å²) >= 11 is 1.45. The van der Waals surface area contributed by atoms with Crippen molar-refractivity contribution in [3.63, 3.8) is 0 Å². The molecule has 1 fully saturated rings. The van der Waals surface area contributed by atoms with E-state index in [-0.39, 0.29) is 5.91 Å². The second-order valence-electron chi connectivity index (χ2n) is 5.07. The summed E-state index contributed by atoms with van der Waals surface area (Å²) in [5, 5.41) is 8.96. The molecule has 0 aliphatic carbocycles. The van der Waals surface area contributed by atoms with Gasteiger partial charge in [0, 0.05) is 19.1 Å². The standard InChI is InChI=1S/C13H23N5OS/c1-3-17-11(8-14)15-16-13(17)20-9-12(19)18-7-5-4-6-10(18)2/h10H,3-9,14H2,1-2H3. The topological polar surface area (TPSA) is 77.0 Å². The number of hydrogen-bond acceptors (Lipinski definition) is 5. The van der Waals surface area contributed by atoms with Crippen LogP contribution in [0.2, 0.25) is 0 Å². The molecule has 0 bridgehead atoms. The summed E-state index contributed by atoms with van der Waals surface area (Å²) in [4.78, 5) is 14.3. The van der Waals surface area contributed by atoms with E-state index in [0.717, 1.165) is 36.9 Å². The number of amides is 1. The van der Waals surface area contributed by atoms with E-state index in [2.05, 4.69) is 17.1 Å². The third-order valence-corrected chi connectivity index (χ3v) is 4.69. The fourth-order valence-corrected chi connectivity index (χ4v) is 3.48. The van der Waals surface area contributed by atoms with Gasteiger partial charge in [0.05, 0.1) is 12.3 Å². The maximum atomic E-state index is 12.3. The number of nitrogens with zero attached hydrogens (tertiary/aromatic N) is 4. The van der Waals surface area contributed by atoms with E-state index in [9.17, 15) is 4.79 Å². The number of likely N-dealkylation sites (tertiary alicyclic amines) is 1. The molecule has 1 unspecified atom stereocenters. The van der Waals surface area contributed by atoms with Gasteiger partial charge < -0.3 is 15.2 Å². The number of nitrogens with two attached hydrogens (primary N) is 1. The first-order valence-electron chi connectivity index (χ1n) is 7.21. The van der Waals surface area contributed by atoms with Gasteiger partial charge in [-0.15, -0.1) is 10.2 Å². The molecule has 1 aromatic rings. The van der Waals surface area contributed by atoms with Crippen molar-refractivity contribution in [2.75, 3.05) is 12.3 Å². The molecule has 112 valence electrons. The average Bonchev–Trinajstić information content (AvgIpc) is 2.87. The lowest BCUT2D eigenvalue weighted by Gasteiger charge is -2.33.